The van der Waals surface area contributed by atoms with Gasteiger partial charge in [0.05, 0.1) is 13.0 Å². The number of aliphatic carboxylic acids is 1. The van der Waals surface area contributed by atoms with Crippen molar-refractivity contribution in [3.8, 4) is 5.75 Å². The van der Waals surface area contributed by atoms with Crippen molar-refractivity contribution in [1.82, 2.24) is 4.98 Å². The van der Waals surface area contributed by atoms with Crippen molar-refractivity contribution in [2.75, 3.05) is 11.9 Å². The Balaban J connectivity index is 2.61. The molecule has 92 valence electrons. The van der Waals surface area contributed by atoms with E-state index in [1.165, 1.54) is 6.20 Å². The molecule has 0 saturated carbocycles. The molecule has 0 atom stereocenters. The van der Waals surface area contributed by atoms with Crippen LogP contribution in [0.3, 0.4) is 0 Å². The number of rotatable bonds is 6. The van der Waals surface area contributed by atoms with Crippen LogP contribution in [0.4, 0.5) is 5.82 Å². The van der Waals surface area contributed by atoms with Gasteiger partial charge in [-0.15, -0.1) is 0 Å². The minimum absolute atomic E-state index is 0.0858. The Labute approximate surface area is 98.6 Å². The number of ether oxygens (including phenoxy) is 1. The molecule has 2 N–H and O–H groups in total. The van der Waals surface area contributed by atoms with Crippen LogP contribution in [0.1, 0.15) is 19.8 Å². The van der Waals surface area contributed by atoms with E-state index in [4.69, 9.17) is 9.84 Å². The van der Waals surface area contributed by atoms with Crippen molar-refractivity contribution < 1.29 is 19.4 Å². The van der Waals surface area contributed by atoms with Gasteiger partial charge in [-0.25, -0.2) is 4.98 Å². The molecule has 1 amide bonds. The molecular weight excluding hydrogens is 224 g/mol. The molecule has 1 aromatic heterocycles. The molecule has 6 heteroatoms. The molecule has 0 spiro atoms. The minimum atomic E-state index is -1.01. The van der Waals surface area contributed by atoms with E-state index in [9.17, 15) is 9.59 Å². The van der Waals surface area contributed by atoms with Crippen molar-refractivity contribution in [1.29, 1.82) is 0 Å². The normalized spacial score (nSPS) is 9.71. The molecule has 1 aromatic rings. The summed E-state index contributed by atoms with van der Waals surface area (Å²) in [5, 5.41) is 11.0. The highest BCUT2D eigenvalue weighted by molar-refractivity contribution is 5.92. The first-order valence-corrected chi connectivity index (χ1v) is 5.23. The summed E-state index contributed by atoms with van der Waals surface area (Å²) in [6.07, 6.45) is 1.23. The van der Waals surface area contributed by atoms with Gasteiger partial charge in [0.25, 0.3) is 0 Å². The third-order valence-electron chi connectivity index (χ3n) is 1.89. The Kier molecular flexibility index (Phi) is 4.93. The predicted octanol–water partition coefficient (Wildman–Crippen LogP) is 1.28. The van der Waals surface area contributed by atoms with Crippen LogP contribution in [0.5, 0.6) is 5.75 Å². The summed E-state index contributed by atoms with van der Waals surface area (Å²) in [5.41, 5.74) is 0. The molecule has 1 heterocycles. The van der Waals surface area contributed by atoms with Gasteiger partial charge in [0.1, 0.15) is 0 Å². The minimum Gasteiger partial charge on any atom is -0.490 e. The maximum atomic E-state index is 11.4. The zero-order valence-corrected chi connectivity index (χ0v) is 9.47. The molecule has 0 saturated heterocycles. The average Bonchev–Trinajstić information content (AvgIpc) is 2.29. The van der Waals surface area contributed by atoms with Gasteiger partial charge in [0, 0.05) is 12.6 Å². The van der Waals surface area contributed by atoms with Gasteiger partial charge < -0.3 is 15.2 Å². The summed E-state index contributed by atoms with van der Waals surface area (Å²) in [6.45, 7) is 2.28. The average molecular weight is 238 g/mol. The van der Waals surface area contributed by atoms with E-state index in [1.807, 2.05) is 6.92 Å². The van der Waals surface area contributed by atoms with Crippen molar-refractivity contribution >= 4 is 17.7 Å². The maximum Gasteiger partial charge on any atom is 0.303 e. The maximum absolute atomic E-state index is 11.4. The standard InChI is InChI=1S/C11H14N2O4/c1-2-17-8-4-3-7-12-11(8)13-9(14)5-6-10(15)16/h3-4,7H,2,5-6H2,1H3,(H,15,16)(H,12,13,14). The lowest BCUT2D eigenvalue weighted by molar-refractivity contribution is -0.138. The Morgan fingerprint density at radius 1 is 1.47 bits per heavy atom. The smallest absolute Gasteiger partial charge is 0.303 e. The van der Waals surface area contributed by atoms with Crippen molar-refractivity contribution in [3.63, 3.8) is 0 Å². The van der Waals surface area contributed by atoms with Crippen LogP contribution in [0.25, 0.3) is 0 Å². The van der Waals surface area contributed by atoms with Crippen LogP contribution < -0.4 is 10.1 Å². The molecule has 0 fully saturated rings. The molecule has 0 unspecified atom stereocenters. The van der Waals surface area contributed by atoms with Gasteiger partial charge >= 0.3 is 5.97 Å². The zero-order valence-electron chi connectivity index (χ0n) is 9.47. The lowest BCUT2D eigenvalue weighted by Crippen LogP contribution is -2.15. The Bertz CT molecular complexity index is 406. The Hall–Kier alpha value is -2.11. The molecule has 0 radical (unpaired) electrons. The number of hydrogen-bond acceptors (Lipinski definition) is 4. The number of anilines is 1. The van der Waals surface area contributed by atoms with Crippen molar-refractivity contribution in [2.24, 2.45) is 0 Å². The van der Waals surface area contributed by atoms with Crippen LogP contribution in [0.15, 0.2) is 18.3 Å². The first-order valence-electron chi connectivity index (χ1n) is 5.23. The van der Waals surface area contributed by atoms with Gasteiger partial charge in [-0.3, -0.25) is 9.59 Å². The highest BCUT2D eigenvalue weighted by Gasteiger charge is 2.09. The summed E-state index contributed by atoms with van der Waals surface area (Å²) >= 11 is 0. The number of nitrogens with zero attached hydrogens (tertiary/aromatic N) is 1. The number of amides is 1. The van der Waals surface area contributed by atoms with Gasteiger partial charge in [0.2, 0.25) is 5.91 Å². The third kappa shape index (κ3) is 4.50. The topological polar surface area (TPSA) is 88.5 Å². The summed E-state index contributed by atoms with van der Waals surface area (Å²) in [6, 6.07) is 3.38. The number of carboxylic acids is 1. The largest absolute Gasteiger partial charge is 0.490 e. The molecule has 1 rings (SSSR count). The predicted molar refractivity (Wildman–Crippen MR) is 60.9 cm³/mol. The van der Waals surface area contributed by atoms with Gasteiger partial charge in [-0.2, -0.15) is 0 Å². The first-order chi connectivity index (χ1) is 8.13. The summed E-state index contributed by atoms with van der Waals surface area (Å²) in [4.78, 5) is 25.7. The van der Waals surface area contributed by atoms with Crippen LogP contribution in [0, 0.1) is 0 Å². The molecule has 6 nitrogen and oxygen atoms in total. The van der Waals surface area contributed by atoms with Crippen molar-refractivity contribution in [2.45, 2.75) is 19.8 Å². The molecule has 17 heavy (non-hydrogen) atoms. The number of carboxylic acid groups (broad SMARTS) is 1. The Morgan fingerprint density at radius 3 is 2.88 bits per heavy atom. The summed E-state index contributed by atoms with van der Waals surface area (Å²) < 4.78 is 5.27. The molecule has 0 aliphatic heterocycles. The summed E-state index contributed by atoms with van der Waals surface area (Å²) in [5.74, 6) is -0.623. The van der Waals surface area contributed by atoms with E-state index in [1.54, 1.807) is 12.1 Å². The monoisotopic (exact) mass is 238 g/mol. The Morgan fingerprint density at radius 2 is 2.24 bits per heavy atom. The fourth-order valence-corrected chi connectivity index (χ4v) is 1.17. The second-order valence-corrected chi connectivity index (χ2v) is 3.23. The van der Waals surface area contributed by atoms with Crippen LogP contribution in [0.2, 0.25) is 0 Å². The number of carbonyl (C=O) groups excluding carboxylic acids is 1. The van der Waals surface area contributed by atoms with Gasteiger partial charge in [0.15, 0.2) is 11.6 Å². The SMILES string of the molecule is CCOc1cccnc1NC(=O)CCC(=O)O. The number of aromatic nitrogens is 1. The van der Waals surface area contributed by atoms with E-state index in [0.29, 0.717) is 18.2 Å². The third-order valence-corrected chi connectivity index (χ3v) is 1.89. The quantitative estimate of drug-likeness (QED) is 0.779. The van der Waals surface area contributed by atoms with Crippen molar-refractivity contribution in [3.05, 3.63) is 18.3 Å². The lowest BCUT2D eigenvalue weighted by atomic mass is 10.3. The van der Waals surface area contributed by atoms with Gasteiger partial charge in [-0.05, 0) is 19.1 Å². The van der Waals surface area contributed by atoms with Crippen LogP contribution >= 0.6 is 0 Å². The lowest BCUT2D eigenvalue weighted by Gasteiger charge is -2.09. The molecule has 0 aliphatic rings. The fraction of sp³-hybridized carbons (Fsp3) is 0.364. The van der Waals surface area contributed by atoms with E-state index < -0.39 is 11.9 Å². The number of pyridine rings is 1. The highest BCUT2D eigenvalue weighted by Crippen LogP contribution is 2.20. The highest BCUT2D eigenvalue weighted by atomic mass is 16.5. The number of hydrogen-bond donors (Lipinski definition) is 2. The molecule has 0 aliphatic carbocycles. The van der Waals surface area contributed by atoms with E-state index >= 15 is 0 Å². The van der Waals surface area contributed by atoms with Gasteiger partial charge in [-0.1, -0.05) is 0 Å². The second kappa shape index (κ2) is 6.47. The van der Waals surface area contributed by atoms with Crippen LogP contribution in [-0.2, 0) is 9.59 Å². The summed E-state index contributed by atoms with van der Waals surface area (Å²) in [7, 11) is 0. The van der Waals surface area contributed by atoms with E-state index in [-0.39, 0.29) is 12.8 Å². The molecule has 0 aromatic carbocycles. The number of nitrogens with one attached hydrogen (secondary N) is 1. The fourth-order valence-electron chi connectivity index (χ4n) is 1.17. The molecular formula is C11H14N2O4. The number of carbonyl (C=O) groups is 2. The van der Waals surface area contributed by atoms with E-state index in [0.717, 1.165) is 0 Å². The van der Waals surface area contributed by atoms with E-state index in [2.05, 4.69) is 10.3 Å². The second-order valence-electron chi connectivity index (χ2n) is 3.23. The first kappa shape index (κ1) is 13.0. The zero-order chi connectivity index (χ0) is 12.7. The van der Waals surface area contributed by atoms with Crippen LogP contribution in [-0.4, -0.2) is 28.6 Å². The molecule has 0 bridgehead atoms.